The molecule has 0 aliphatic rings. The molecule has 168 valence electrons. The van der Waals surface area contributed by atoms with Gasteiger partial charge in [0.25, 0.3) is 0 Å². The highest BCUT2D eigenvalue weighted by atomic mass is 16.5. The van der Waals surface area contributed by atoms with Crippen LogP contribution in [0.2, 0.25) is 0 Å². The fraction of sp³-hybridized carbons (Fsp3) is 0.185. The average Bonchev–Trinajstić information content (AvgIpc) is 3.27. The lowest BCUT2D eigenvalue weighted by atomic mass is 10.1. The van der Waals surface area contributed by atoms with Crippen LogP contribution < -0.4 is 10.6 Å². The van der Waals surface area contributed by atoms with Crippen LogP contribution in [-0.2, 0) is 29.0 Å². The number of carbonyl (C=O) groups excluding carboxylic acids is 2. The van der Waals surface area contributed by atoms with Crippen molar-refractivity contribution in [2.24, 2.45) is 0 Å². The lowest BCUT2D eigenvalue weighted by molar-refractivity contribution is -0.123. The maximum absolute atomic E-state index is 13.0. The Hall–Kier alpha value is -4.06. The van der Waals surface area contributed by atoms with E-state index in [4.69, 9.17) is 4.74 Å². The standard InChI is InChI=1S/C27H27N3O3/c31-26(28-16-15-22-18-29-24-14-8-7-13-23(22)24)25(17-20-9-3-1-4-10-20)30-27(32)33-19-21-11-5-2-6-12-21/h1-14,18,25,29H,15-17,19H2,(H,28,31)(H,30,32). The number of H-pyrrole nitrogens is 1. The van der Waals surface area contributed by atoms with Crippen molar-refractivity contribution in [2.75, 3.05) is 6.54 Å². The Balaban J connectivity index is 1.35. The first-order valence-electron chi connectivity index (χ1n) is 11.0. The topological polar surface area (TPSA) is 83.2 Å². The number of aromatic nitrogens is 1. The van der Waals surface area contributed by atoms with E-state index in [1.165, 1.54) is 0 Å². The molecule has 1 unspecified atom stereocenters. The molecule has 0 fully saturated rings. The molecule has 0 spiro atoms. The van der Waals surface area contributed by atoms with E-state index in [1.807, 2.05) is 85.1 Å². The zero-order valence-corrected chi connectivity index (χ0v) is 18.3. The van der Waals surface area contributed by atoms with Gasteiger partial charge in [-0.25, -0.2) is 4.79 Å². The molecule has 0 saturated carbocycles. The van der Waals surface area contributed by atoms with Crippen molar-refractivity contribution in [1.82, 2.24) is 15.6 Å². The molecule has 0 aliphatic heterocycles. The summed E-state index contributed by atoms with van der Waals surface area (Å²) in [4.78, 5) is 28.6. The molecule has 0 bridgehead atoms. The molecule has 2 amide bonds. The monoisotopic (exact) mass is 441 g/mol. The van der Waals surface area contributed by atoms with Crippen molar-refractivity contribution < 1.29 is 14.3 Å². The van der Waals surface area contributed by atoms with E-state index < -0.39 is 12.1 Å². The van der Waals surface area contributed by atoms with Gasteiger partial charge >= 0.3 is 6.09 Å². The molecule has 1 heterocycles. The predicted octanol–water partition coefficient (Wildman–Crippen LogP) is 4.36. The van der Waals surface area contributed by atoms with Gasteiger partial charge in [-0.05, 0) is 29.2 Å². The van der Waals surface area contributed by atoms with Crippen LogP contribution in [0.1, 0.15) is 16.7 Å². The third kappa shape index (κ3) is 6.23. The SMILES string of the molecule is O=C(NC(Cc1ccccc1)C(=O)NCCc1c[nH]c2ccccc12)OCc1ccccc1. The summed E-state index contributed by atoms with van der Waals surface area (Å²) in [5.41, 5.74) is 4.05. The summed E-state index contributed by atoms with van der Waals surface area (Å²) in [6, 6.07) is 26.4. The molecule has 33 heavy (non-hydrogen) atoms. The van der Waals surface area contributed by atoms with Gasteiger partial charge in [0.1, 0.15) is 12.6 Å². The number of amides is 2. The van der Waals surface area contributed by atoms with Crippen LogP contribution in [0.5, 0.6) is 0 Å². The maximum Gasteiger partial charge on any atom is 0.408 e. The summed E-state index contributed by atoms with van der Waals surface area (Å²) in [7, 11) is 0. The highest BCUT2D eigenvalue weighted by Gasteiger charge is 2.22. The van der Waals surface area contributed by atoms with Crippen LogP contribution in [0.4, 0.5) is 4.79 Å². The summed E-state index contributed by atoms with van der Waals surface area (Å²) in [6.07, 6.45) is 2.41. The second-order valence-corrected chi connectivity index (χ2v) is 7.85. The van der Waals surface area contributed by atoms with Crippen LogP contribution in [0.3, 0.4) is 0 Å². The van der Waals surface area contributed by atoms with Gasteiger partial charge in [-0.1, -0.05) is 78.9 Å². The summed E-state index contributed by atoms with van der Waals surface area (Å²) < 4.78 is 5.32. The largest absolute Gasteiger partial charge is 0.445 e. The van der Waals surface area contributed by atoms with Crippen molar-refractivity contribution in [2.45, 2.75) is 25.5 Å². The van der Waals surface area contributed by atoms with Gasteiger partial charge < -0.3 is 20.4 Å². The third-order valence-corrected chi connectivity index (χ3v) is 5.47. The minimum Gasteiger partial charge on any atom is -0.445 e. The Labute approximate surface area is 193 Å². The molecule has 1 atom stereocenters. The fourth-order valence-corrected chi connectivity index (χ4v) is 3.75. The normalized spacial score (nSPS) is 11.6. The van der Waals surface area contributed by atoms with Crippen LogP contribution in [-0.4, -0.2) is 29.6 Å². The number of nitrogens with one attached hydrogen (secondary N) is 3. The molecular formula is C27H27N3O3. The van der Waals surface area contributed by atoms with E-state index in [1.54, 1.807) is 0 Å². The molecule has 4 rings (SSSR count). The summed E-state index contributed by atoms with van der Waals surface area (Å²) in [5.74, 6) is -0.240. The highest BCUT2D eigenvalue weighted by molar-refractivity contribution is 5.86. The first-order chi connectivity index (χ1) is 16.2. The fourth-order valence-electron chi connectivity index (χ4n) is 3.75. The number of rotatable bonds is 9. The van der Waals surface area contributed by atoms with Crippen LogP contribution in [0, 0.1) is 0 Å². The number of para-hydroxylation sites is 1. The number of benzene rings is 3. The molecule has 6 heteroatoms. The van der Waals surface area contributed by atoms with E-state index in [0.29, 0.717) is 19.4 Å². The number of carbonyl (C=O) groups is 2. The Morgan fingerprint density at radius 1 is 0.848 bits per heavy atom. The molecule has 3 aromatic carbocycles. The van der Waals surface area contributed by atoms with E-state index in [2.05, 4.69) is 21.7 Å². The lowest BCUT2D eigenvalue weighted by Crippen LogP contribution is -2.48. The second kappa shape index (κ2) is 11.0. The minimum atomic E-state index is -0.737. The maximum atomic E-state index is 13.0. The number of aromatic amines is 1. The Bertz CT molecular complexity index is 1190. The molecule has 0 radical (unpaired) electrons. The summed E-state index contributed by atoms with van der Waals surface area (Å²) in [5, 5.41) is 6.84. The molecule has 3 N–H and O–H groups in total. The second-order valence-electron chi connectivity index (χ2n) is 7.85. The number of ether oxygens (including phenoxy) is 1. The first kappa shape index (κ1) is 22.1. The zero-order chi connectivity index (χ0) is 22.9. The first-order valence-corrected chi connectivity index (χ1v) is 11.0. The van der Waals surface area contributed by atoms with Gasteiger partial charge in [0.2, 0.25) is 5.91 Å². The van der Waals surface area contributed by atoms with Crippen molar-refractivity contribution in [3.8, 4) is 0 Å². The quantitative estimate of drug-likeness (QED) is 0.361. The third-order valence-electron chi connectivity index (χ3n) is 5.47. The van der Waals surface area contributed by atoms with Crippen molar-refractivity contribution in [3.05, 3.63) is 108 Å². The van der Waals surface area contributed by atoms with E-state index in [9.17, 15) is 9.59 Å². The molecule has 1 aromatic heterocycles. The number of hydrogen-bond donors (Lipinski definition) is 3. The van der Waals surface area contributed by atoms with Gasteiger partial charge in [-0.15, -0.1) is 0 Å². The molecule has 4 aromatic rings. The Kier molecular flexibility index (Phi) is 7.38. The van der Waals surface area contributed by atoms with Crippen LogP contribution >= 0.6 is 0 Å². The van der Waals surface area contributed by atoms with Crippen molar-refractivity contribution in [1.29, 1.82) is 0 Å². The van der Waals surface area contributed by atoms with Gasteiger partial charge in [-0.3, -0.25) is 4.79 Å². The molecule has 0 aliphatic carbocycles. The van der Waals surface area contributed by atoms with Crippen molar-refractivity contribution in [3.63, 3.8) is 0 Å². The number of alkyl carbamates (subject to hydrolysis) is 1. The van der Waals surface area contributed by atoms with E-state index >= 15 is 0 Å². The summed E-state index contributed by atoms with van der Waals surface area (Å²) in [6.45, 7) is 0.611. The van der Waals surface area contributed by atoms with E-state index in [-0.39, 0.29) is 12.5 Å². The van der Waals surface area contributed by atoms with Gasteiger partial charge in [0.05, 0.1) is 0 Å². The lowest BCUT2D eigenvalue weighted by Gasteiger charge is -2.18. The number of fused-ring (bicyclic) bond motifs is 1. The van der Waals surface area contributed by atoms with Gasteiger partial charge in [0, 0.05) is 30.1 Å². The Morgan fingerprint density at radius 2 is 1.52 bits per heavy atom. The molecular weight excluding hydrogens is 414 g/mol. The van der Waals surface area contributed by atoms with Gasteiger partial charge in [0.15, 0.2) is 0 Å². The van der Waals surface area contributed by atoms with Gasteiger partial charge in [-0.2, -0.15) is 0 Å². The minimum absolute atomic E-state index is 0.146. The molecule has 0 saturated heterocycles. The summed E-state index contributed by atoms with van der Waals surface area (Å²) >= 11 is 0. The number of hydrogen-bond acceptors (Lipinski definition) is 3. The smallest absolute Gasteiger partial charge is 0.408 e. The highest BCUT2D eigenvalue weighted by Crippen LogP contribution is 2.17. The van der Waals surface area contributed by atoms with E-state index in [0.717, 1.165) is 27.6 Å². The average molecular weight is 442 g/mol. The van der Waals surface area contributed by atoms with Crippen LogP contribution in [0.25, 0.3) is 10.9 Å². The Morgan fingerprint density at radius 3 is 2.27 bits per heavy atom. The zero-order valence-electron chi connectivity index (χ0n) is 18.3. The molecule has 6 nitrogen and oxygen atoms in total. The van der Waals surface area contributed by atoms with Crippen LogP contribution in [0.15, 0.2) is 91.1 Å². The van der Waals surface area contributed by atoms with Crippen molar-refractivity contribution >= 4 is 22.9 Å². The predicted molar refractivity (Wildman–Crippen MR) is 129 cm³/mol.